The lowest BCUT2D eigenvalue weighted by atomic mass is 10.3. The molecule has 6 nitrogen and oxygen atoms in total. The molecule has 1 atom stereocenters. The SMILES string of the molecule is CC1CN(C(=O)CN(C)S(=O)(=O)c2cccs2)CCO1. The molecule has 1 aliphatic heterocycles. The van der Waals surface area contributed by atoms with Gasteiger partial charge in [-0.25, -0.2) is 8.42 Å². The minimum Gasteiger partial charge on any atom is -0.375 e. The lowest BCUT2D eigenvalue weighted by molar-refractivity contribution is -0.138. The third kappa shape index (κ3) is 3.38. The first kappa shape index (κ1) is 15.4. The summed E-state index contributed by atoms with van der Waals surface area (Å²) in [7, 11) is -2.14. The number of carbonyl (C=O) groups is 1. The van der Waals surface area contributed by atoms with Crippen LogP contribution >= 0.6 is 11.3 Å². The molecule has 1 unspecified atom stereocenters. The fourth-order valence-corrected chi connectivity index (χ4v) is 4.31. The molecule has 1 amide bonds. The van der Waals surface area contributed by atoms with Crippen molar-refractivity contribution in [1.82, 2.24) is 9.21 Å². The van der Waals surface area contributed by atoms with Crippen LogP contribution in [-0.2, 0) is 19.6 Å². The molecule has 1 saturated heterocycles. The van der Waals surface area contributed by atoms with Gasteiger partial charge in [-0.1, -0.05) is 6.07 Å². The number of ether oxygens (including phenoxy) is 1. The number of hydrogen-bond acceptors (Lipinski definition) is 5. The minimum absolute atomic E-state index is 0.00749. The molecule has 1 aliphatic rings. The lowest BCUT2D eigenvalue weighted by Gasteiger charge is -2.32. The zero-order valence-electron chi connectivity index (χ0n) is 11.5. The van der Waals surface area contributed by atoms with Crippen LogP contribution < -0.4 is 0 Å². The average molecular weight is 318 g/mol. The van der Waals surface area contributed by atoms with Gasteiger partial charge in [-0.2, -0.15) is 4.31 Å². The number of thiophene rings is 1. The number of likely N-dealkylation sites (N-methyl/N-ethyl adjacent to an activating group) is 1. The Labute approximate surface area is 123 Å². The van der Waals surface area contributed by atoms with Crippen LogP contribution in [0.5, 0.6) is 0 Å². The second kappa shape index (κ2) is 6.21. The second-order valence-corrected chi connectivity index (χ2v) is 7.93. The smallest absolute Gasteiger partial charge is 0.252 e. The van der Waals surface area contributed by atoms with Crippen molar-refractivity contribution in [2.75, 3.05) is 33.3 Å². The van der Waals surface area contributed by atoms with Gasteiger partial charge in [-0.3, -0.25) is 4.79 Å². The maximum atomic E-state index is 12.2. The van der Waals surface area contributed by atoms with E-state index in [1.807, 2.05) is 6.92 Å². The topological polar surface area (TPSA) is 66.9 Å². The summed E-state index contributed by atoms with van der Waals surface area (Å²) in [6.45, 7) is 3.26. The Hall–Kier alpha value is -0.960. The summed E-state index contributed by atoms with van der Waals surface area (Å²) in [6, 6.07) is 3.22. The van der Waals surface area contributed by atoms with Crippen LogP contribution in [0.15, 0.2) is 21.7 Å². The van der Waals surface area contributed by atoms with Crippen LogP contribution in [0, 0.1) is 0 Å². The van der Waals surface area contributed by atoms with Gasteiger partial charge >= 0.3 is 0 Å². The van der Waals surface area contributed by atoms with Crippen LogP contribution in [0.2, 0.25) is 0 Å². The second-order valence-electron chi connectivity index (χ2n) is 4.71. The van der Waals surface area contributed by atoms with E-state index in [9.17, 15) is 13.2 Å². The highest BCUT2D eigenvalue weighted by Crippen LogP contribution is 2.19. The minimum atomic E-state index is -3.57. The summed E-state index contributed by atoms with van der Waals surface area (Å²) in [4.78, 5) is 13.8. The molecule has 0 radical (unpaired) electrons. The Morgan fingerprint density at radius 2 is 2.35 bits per heavy atom. The van der Waals surface area contributed by atoms with Crippen molar-refractivity contribution in [1.29, 1.82) is 0 Å². The number of sulfonamides is 1. The van der Waals surface area contributed by atoms with E-state index in [1.165, 1.54) is 13.1 Å². The Morgan fingerprint density at radius 1 is 1.60 bits per heavy atom. The number of hydrogen-bond donors (Lipinski definition) is 0. The van der Waals surface area contributed by atoms with Crippen molar-refractivity contribution in [2.45, 2.75) is 17.2 Å². The van der Waals surface area contributed by atoms with Gasteiger partial charge in [0.15, 0.2) is 0 Å². The van der Waals surface area contributed by atoms with E-state index < -0.39 is 10.0 Å². The largest absolute Gasteiger partial charge is 0.375 e. The molecule has 1 aromatic heterocycles. The summed E-state index contributed by atoms with van der Waals surface area (Å²) in [5.74, 6) is -0.192. The van der Waals surface area contributed by atoms with Crippen LogP contribution in [0.4, 0.5) is 0 Å². The van der Waals surface area contributed by atoms with Crippen molar-refractivity contribution in [3.63, 3.8) is 0 Å². The van der Waals surface area contributed by atoms with Gasteiger partial charge in [0.25, 0.3) is 10.0 Å². The van der Waals surface area contributed by atoms with Gasteiger partial charge in [0, 0.05) is 20.1 Å². The molecule has 1 fully saturated rings. The van der Waals surface area contributed by atoms with E-state index in [0.29, 0.717) is 19.7 Å². The molecule has 0 saturated carbocycles. The first-order chi connectivity index (χ1) is 9.41. The van der Waals surface area contributed by atoms with E-state index >= 15 is 0 Å². The molecule has 0 aromatic carbocycles. The van der Waals surface area contributed by atoms with Gasteiger partial charge in [-0.15, -0.1) is 11.3 Å². The van der Waals surface area contributed by atoms with E-state index in [4.69, 9.17) is 4.74 Å². The third-order valence-corrected chi connectivity index (χ3v) is 6.29. The molecule has 20 heavy (non-hydrogen) atoms. The zero-order valence-corrected chi connectivity index (χ0v) is 13.1. The zero-order chi connectivity index (χ0) is 14.8. The van der Waals surface area contributed by atoms with E-state index in [-0.39, 0.29) is 22.8 Å². The molecule has 0 spiro atoms. The number of carbonyl (C=O) groups excluding carboxylic acids is 1. The number of nitrogens with zero attached hydrogens (tertiary/aromatic N) is 2. The Kier molecular flexibility index (Phi) is 4.79. The summed E-state index contributed by atoms with van der Waals surface area (Å²) in [5.41, 5.74) is 0. The molecule has 8 heteroatoms. The van der Waals surface area contributed by atoms with E-state index in [2.05, 4.69) is 0 Å². The molecule has 2 heterocycles. The maximum absolute atomic E-state index is 12.2. The maximum Gasteiger partial charge on any atom is 0.252 e. The number of morpholine rings is 1. The monoisotopic (exact) mass is 318 g/mol. The summed E-state index contributed by atoms with van der Waals surface area (Å²) < 4.78 is 31.2. The van der Waals surface area contributed by atoms with Crippen LogP contribution in [0.25, 0.3) is 0 Å². The normalized spacial score (nSPS) is 20.4. The van der Waals surface area contributed by atoms with E-state index in [0.717, 1.165) is 15.6 Å². The van der Waals surface area contributed by atoms with Gasteiger partial charge < -0.3 is 9.64 Å². The highest BCUT2D eigenvalue weighted by atomic mass is 32.2. The molecule has 112 valence electrons. The quantitative estimate of drug-likeness (QED) is 0.816. The van der Waals surface area contributed by atoms with Gasteiger partial charge in [0.05, 0.1) is 19.3 Å². The Balaban J connectivity index is 2.00. The number of amides is 1. The molecule has 0 aliphatic carbocycles. The van der Waals surface area contributed by atoms with Crippen molar-refractivity contribution < 1.29 is 17.9 Å². The van der Waals surface area contributed by atoms with Crippen molar-refractivity contribution >= 4 is 27.3 Å². The van der Waals surface area contributed by atoms with Crippen molar-refractivity contribution in [2.24, 2.45) is 0 Å². The first-order valence-electron chi connectivity index (χ1n) is 6.30. The fraction of sp³-hybridized carbons (Fsp3) is 0.583. The molecule has 2 rings (SSSR count). The van der Waals surface area contributed by atoms with Crippen molar-refractivity contribution in [3.05, 3.63) is 17.5 Å². The predicted octanol–water partition coefficient (Wildman–Crippen LogP) is 0.616. The van der Waals surface area contributed by atoms with Gasteiger partial charge in [-0.05, 0) is 18.4 Å². The molecular formula is C12H18N2O4S2. The van der Waals surface area contributed by atoms with Crippen LogP contribution in [0.3, 0.4) is 0 Å². The molecular weight excluding hydrogens is 300 g/mol. The standard InChI is InChI=1S/C12H18N2O4S2/c1-10-8-14(5-6-18-10)11(15)9-13(2)20(16,17)12-4-3-7-19-12/h3-4,7,10H,5-6,8-9H2,1-2H3. The lowest BCUT2D eigenvalue weighted by Crippen LogP contribution is -2.48. The van der Waals surface area contributed by atoms with Gasteiger partial charge in [0.2, 0.25) is 5.91 Å². The summed E-state index contributed by atoms with van der Waals surface area (Å²) in [6.07, 6.45) is -0.00749. The molecule has 0 N–H and O–H groups in total. The number of rotatable bonds is 4. The average Bonchev–Trinajstić information content (AvgIpc) is 2.93. The summed E-state index contributed by atoms with van der Waals surface area (Å²) in [5, 5.41) is 1.70. The third-order valence-electron chi connectivity index (χ3n) is 3.11. The molecule has 1 aromatic rings. The Morgan fingerprint density at radius 3 is 2.95 bits per heavy atom. The van der Waals surface area contributed by atoms with E-state index in [1.54, 1.807) is 16.3 Å². The van der Waals surface area contributed by atoms with Crippen molar-refractivity contribution in [3.8, 4) is 0 Å². The first-order valence-corrected chi connectivity index (χ1v) is 8.62. The summed E-state index contributed by atoms with van der Waals surface area (Å²) >= 11 is 1.15. The van der Waals surface area contributed by atoms with Gasteiger partial charge in [0.1, 0.15) is 4.21 Å². The fourth-order valence-electron chi connectivity index (χ4n) is 1.98. The highest BCUT2D eigenvalue weighted by molar-refractivity contribution is 7.91. The van der Waals surface area contributed by atoms with Crippen LogP contribution in [-0.4, -0.2) is 62.9 Å². The van der Waals surface area contributed by atoms with Crippen LogP contribution in [0.1, 0.15) is 6.92 Å². The molecule has 0 bridgehead atoms. The predicted molar refractivity (Wildman–Crippen MR) is 76.1 cm³/mol. The Bertz CT molecular complexity index is 556. The highest BCUT2D eigenvalue weighted by Gasteiger charge is 2.27.